The molecule has 0 saturated carbocycles. The lowest BCUT2D eigenvalue weighted by atomic mass is 10.2. The van der Waals surface area contributed by atoms with Crippen molar-refractivity contribution in [2.24, 2.45) is 0 Å². The minimum atomic E-state index is -0.575. The highest BCUT2D eigenvalue weighted by Gasteiger charge is 2.13. The van der Waals surface area contributed by atoms with Crippen molar-refractivity contribution in [2.75, 3.05) is 0 Å². The number of esters is 1. The van der Waals surface area contributed by atoms with Crippen LogP contribution in [0.15, 0.2) is 36.5 Å². The van der Waals surface area contributed by atoms with E-state index in [1.54, 1.807) is 18.2 Å². The van der Waals surface area contributed by atoms with E-state index in [0.717, 1.165) is 0 Å². The summed E-state index contributed by atoms with van der Waals surface area (Å²) in [4.78, 5) is 15.6. The summed E-state index contributed by atoms with van der Waals surface area (Å²) >= 11 is 17.5. The SMILES string of the molecule is O=C(OCc1ccccc1Cl)c1cc(Cl)ncc1Cl. The van der Waals surface area contributed by atoms with Crippen molar-refractivity contribution < 1.29 is 9.53 Å². The number of aromatic nitrogens is 1. The van der Waals surface area contributed by atoms with Gasteiger partial charge in [0.15, 0.2) is 0 Å². The Hall–Kier alpha value is -1.29. The maximum Gasteiger partial charge on any atom is 0.340 e. The highest BCUT2D eigenvalue weighted by Crippen LogP contribution is 2.21. The van der Waals surface area contributed by atoms with Crippen molar-refractivity contribution in [3.8, 4) is 0 Å². The van der Waals surface area contributed by atoms with E-state index in [-0.39, 0.29) is 22.3 Å². The van der Waals surface area contributed by atoms with Gasteiger partial charge in [-0.2, -0.15) is 0 Å². The molecular weight excluding hydrogens is 309 g/mol. The molecule has 0 fully saturated rings. The van der Waals surface area contributed by atoms with Gasteiger partial charge >= 0.3 is 5.97 Å². The van der Waals surface area contributed by atoms with Gasteiger partial charge in [-0.25, -0.2) is 9.78 Å². The smallest absolute Gasteiger partial charge is 0.340 e. The predicted molar refractivity (Wildman–Crippen MR) is 74.8 cm³/mol. The first-order valence-electron chi connectivity index (χ1n) is 5.29. The Labute approximate surface area is 125 Å². The maximum atomic E-state index is 11.9. The van der Waals surface area contributed by atoms with Gasteiger partial charge in [-0.05, 0) is 12.1 Å². The molecule has 0 saturated heterocycles. The van der Waals surface area contributed by atoms with Gasteiger partial charge in [-0.15, -0.1) is 0 Å². The minimum Gasteiger partial charge on any atom is -0.457 e. The molecule has 0 bridgehead atoms. The summed E-state index contributed by atoms with van der Waals surface area (Å²) in [5.74, 6) is -0.575. The van der Waals surface area contributed by atoms with Gasteiger partial charge in [0.25, 0.3) is 0 Å². The molecule has 3 nitrogen and oxygen atoms in total. The maximum absolute atomic E-state index is 11.9. The lowest BCUT2D eigenvalue weighted by Gasteiger charge is -2.07. The summed E-state index contributed by atoms with van der Waals surface area (Å²) < 4.78 is 5.14. The van der Waals surface area contributed by atoms with E-state index in [1.165, 1.54) is 12.3 Å². The first-order chi connectivity index (χ1) is 9.08. The van der Waals surface area contributed by atoms with Gasteiger partial charge in [-0.1, -0.05) is 53.0 Å². The summed E-state index contributed by atoms with van der Waals surface area (Å²) in [5, 5.41) is 0.900. The number of pyridine rings is 1. The van der Waals surface area contributed by atoms with E-state index in [0.29, 0.717) is 10.6 Å². The summed E-state index contributed by atoms with van der Waals surface area (Å²) in [5.41, 5.74) is 0.891. The molecule has 0 spiro atoms. The first-order valence-corrected chi connectivity index (χ1v) is 6.43. The van der Waals surface area contributed by atoms with Crippen molar-refractivity contribution >= 4 is 40.8 Å². The average Bonchev–Trinajstić information content (AvgIpc) is 2.40. The lowest BCUT2D eigenvalue weighted by Crippen LogP contribution is -2.06. The molecule has 2 aromatic rings. The van der Waals surface area contributed by atoms with Crippen LogP contribution >= 0.6 is 34.8 Å². The number of rotatable bonds is 3. The van der Waals surface area contributed by atoms with Crippen LogP contribution in [0.25, 0.3) is 0 Å². The Morgan fingerprint density at radius 2 is 1.89 bits per heavy atom. The van der Waals surface area contributed by atoms with Gasteiger partial charge in [0.05, 0.1) is 10.6 Å². The predicted octanol–water partition coefficient (Wildman–Crippen LogP) is 4.40. The number of hydrogen-bond donors (Lipinski definition) is 0. The zero-order chi connectivity index (χ0) is 13.8. The van der Waals surface area contributed by atoms with Crippen LogP contribution in [0.1, 0.15) is 15.9 Å². The fourth-order valence-electron chi connectivity index (χ4n) is 1.41. The Balaban J connectivity index is 2.10. The second-order valence-electron chi connectivity index (χ2n) is 3.65. The Bertz CT molecular complexity index is 617. The molecule has 0 atom stereocenters. The normalized spacial score (nSPS) is 10.3. The number of halogens is 3. The van der Waals surface area contributed by atoms with Crippen molar-refractivity contribution in [3.05, 3.63) is 62.9 Å². The number of hydrogen-bond acceptors (Lipinski definition) is 3. The van der Waals surface area contributed by atoms with Crippen molar-refractivity contribution in [1.82, 2.24) is 4.98 Å². The van der Waals surface area contributed by atoms with E-state index in [4.69, 9.17) is 39.5 Å². The van der Waals surface area contributed by atoms with Crippen LogP contribution in [0.4, 0.5) is 0 Å². The van der Waals surface area contributed by atoms with E-state index in [9.17, 15) is 4.79 Å². The van der Waals surface area contributed by atoms with Gasteiger partial charge < -0.3 is 4.74 Å². The second kappa shape index (κ2) is 6.24. The molecule has 1 heterocycles. The molecule has 0 unspecified atom stereocenters. The van der Waals surface area contributed by atoms with E-state index in [2.05, 4.69) is 4.98 Å². The first kappa shape index (κ1) is 14.1. The molecule has 0 radical (unpaired) electrons. The fourth-order valence-corrected chi connectivity index (χ4v) is 1.93. The third kappa shape index (κ3) is 3.60. The van der Waals surface area contributed by atoms with Crippen LogP contribution in [0.5, 0.6) is 0 Å². The molecule has 0 amide bonds. The average molecular weight is 317 g/mol. The molecule has 6 heteroatoms. The standard InChI is InChI=1S/C13H8Cl3NO2/c14-10-4-2-1-3-8(10)7-19-13(18)9-5-12(16)17-6-11(9)15/h1-6H,7H2. The van der Waals surface area contributed by atoms with E-state index in [1.807, 2.05) is 6.07 Å². The summed E-state index contributed by atoms with van der Waals surface area (Å²) in [6.45, 7) is 0.0643. The zero-order valence-corrected chi connectivity index (χ0v) is 11.8. The summed E-state index contributed by atoms with van der Waals surface area (Å²) in [6.07, 6.45) is 1.30. The lowest BCUT2D eigenvalue weighted by molar-refractivity contribution is 0.0473. The summed E-state index contributed by atoms with van der Waals surface area (Å²) in [6, 6.07) is 8.47. The van der Waals surface area contributed by atoms with E-state index < -0.39 is 5.97 Å². The van der Waals surface area contributed by atoms with Gasteiger partial charge in [-0.3, -0.25) is 0 Å². The minimum absolute atomic E-state index is 0.0643. The topological polar surface area (TPSA) is 39.2 Å². The number of carbonyl (C=O) groups excluding carboxylic acids is 1. The molecule has 19 heavy (non-hydrogen) atoms. The molecule has 0 aliphatic rings. The number of ether oxygens (including phenoxy) is 1. The van der Waals surface area contributed by atoms with Crippen LogP contribution in [0.2, 0.25) is 15.2 Å². The molecule has 0 N–H and O–H groups in total. The van der Waals surface area contributed by atoms with E-state index >= 15 is 0 Å². The van der Waals surface area contributed by atoms with Crippen LogP contribution in [0.3, 0.4) is 0 Å². The Kier molecular flexibility index (Phi) is 4.64. The van der Waals surface area contributed by atoms with Crippen LogP contribution in [-0.4, -0.2) is 11.0 Å². The van der Waals surface area contributed by atoms with Gasteiger partial charge in [0.1, 0.15) is 11.8 Å². The molecule has 0 aliphatic heterocycles. The quantitative estimate of drug-likeness (QED) is 0.622. The van der Waals surface area contributed by atoms with Gasteiger partial charge in [0.2, 0.25) is 0 Å². The third-order valence-corrected chi connectivity index (χ3v) is 3.24. The van der Waals surface area contributed by atoms with Crippen LogP contribution in [-0.2, 0) is 11.3 Å². The molecule has 1 aromatic heterocycles. The molecule has 0 aliphatic carbocycles. The zero-order valence-electron chi connectivity index (χ0n) is 9.57. The van der Waals surface area contributed by atoms with Gasteiger partial charge in [0, 0.05) is 16.8 Å². The molecular formula is C13H8Cl3NO2. The van der Waals surface area contributed by atoms with Crippen LogP contribution in [0, 0.1) is 0 Å². The number of carbonyl (C=O) groups is 1. The highest BCUT2D eigenvalue weighted by atomic mass is 35.5. The monoisotopic (exact) mass is 315 g/mol. The number of benzene rings is 1. The molecule has 1 aromatic carbocycles. The Morgan fingerprint density at radius 3 is 2.63 bits per heavy atom. The summed E-state index contributed by atoms with van der Waals surface area (Å²) in [7, 11) is 0. The number of nitrogens with zero attached hydrogens (tertiary/aromatic N) is 1. The third-order valence-electron chi connectivity index (χ3n) is 2.36. The Morgan fingerprint density at radius 1 is 1.16 bits per heavy atom. The van der Waals surface area contributed by atoms with Crippen LogP contribution < -0.4 is 0 Å². The fraction of sp³-hybridized carbons (Fsp3) is 0.0769. The van der Waals surface area contributed by atoms with Crippen molar-refractivity contribution in [3.63, 3.8) is 0 Å². The largest absolute Gasteiger partial charge is 0.457 e. The molecule has 2 rings (SSSR count). The van der Waals surface area contributed by atoms with Crippen molar-refractivity contribution in [1.29, 1.82) is 0 Å². The second-order valence-corrected chi connectivity index (χ2v) is 4.86. The van der Waals surface area contributed by atoms with Crippen molar-refractivity contribution in [2.45, 2.75) is 6.61 Å². The molecule has 98 valence electrons. The highest BCUT2D eigenvalue weighted by molar-refractivity contribution is 6.34.